The lowest BCUT2D eigenvalue weighted by Crippen LogP contribution is -2.33. The van der Waals surface area contributed by atoms with Crippen molar-refractivity contribution >= 4 is 11.6 Å². The molecule has 3 rings (SSSR count). The number of rotatable bonds is 5. The number of carbonyl (C=O) groups excluding carboxylic acids is 1. The van der Waals surface area contributed by atoms with Gasteiger partial charge in [-0.05, 0) is 43.2 Å². The van der Waals surface area contributed by atoms with Crippen LogP contribution in [0.1, 0.15) is 30.5 Å². The standard InChI is InChI=1S/C20H22N2O4/c1-4-17-19(22(24)25)18(14-7-5-13(2)6-8-14)21(20(17)23)15-9-11-16(26-3)12-10-15/h5-12,17-19H,4H2,1-3H3/t17-,18+,19-/m0/s1. The Kier molecular flexibility index (Phi) is 4.93. The van der Waals surface area contributed by atoms with Gasteiger partial charge in [-0.25, -0.2) is 0 Å². The fourth-order valence-electron chi connectivity index (χ4n) is 3.65. The van der Waals surface area contributed by atoms with Gasteiger partial charge >= 0.3 is 0 Å². The molecule has 136 valence electrons. The van der Waals surface area contributed by atoms with E-state index in [9.17, 15) is 14.9 Å². The lowest BCUT2D eigenvalue weighted by molar-refractivity contribution is -0.530. The lowest BCUT2D eigenvalue weighted by Gasteiger charge is -2.25. The zero-order valence-electron chi connectivity index (χ0n) is 15.1. The minimum absolute atomic E-state index is 0.204. The van der Waals surface area contributed by atoms with Crippen molar-refractivity contribution in [2.45, 2.75) is 32.4 Å². The highest BCUT2D eigenvalue weighted by molar-refractivity contribution is 5.99. The average molecular weight is 354 g/mol. The minimum Gasteiger partial charge on any atom is -0.497 e. The summed E-state index contributed by atoms with van der Waals surface area (Å²) < 4.78 is 5.17. The Morgan fingerprint density at radius 1 is 1.12 bits per heavy atom. The molecule has 6 heteroatoms. The molecule has 0 saturated carbocycles. The summed E-state index contributed by atoms with van der Waals surface area (Å²) in [5.74, 6) is -0.173. The van der Waals surface area contributed by atoms with Crippen molar-refractivity contribution in [3.63, 3.8) is 0 Å². The first kappa shape index (κ1) is 17.9. The van der Waals surface area contributed by atoms with Crippen LogP contribution in [0.3, 0.4) is 0 Å². The van der Waals surface area contributed by atoms with Crippen molar-refractivity contribution < 1.29 is 14.5 Å². The number of hydrogen-bond donors (Lipinski definition) is 0. The molecule has 3 atom stereocenters. The van der Waals surface area contributed by atoms with Crippen molar-refractivity contribution in [1.82, 2.24) is 0 Å². The SMILES string of the molecule is CC[C@@H]1C(=O)N(c2ccc(OC)cc2)[C@H](c2ccc(C)cc2)[C@H]1[N+](=O)[O-]. The number of anilines is 1. The van der Waals surface area contributed by atoms with Gasteiger partial charge in [-0.2, -0.15) is 0 Å². The number of amides is 1. The molecule has 0 radical (unpaired) electrons. The maximum absolute atomic E-state index is 13.0. The van der Waals surface area contributed by atoms with Crippen molar-refractivity contribution in [3.8, 4) is 5.75 Å². The van der Waals surface area contributed by atoms with Gasteiger partial charge in [0.15, 0.2) is 0 Å². The number of aryl methyl sites for hydroxylation is 1. The number of nitrogens with zero attached hydrogens (tertiary/aromatic N) is 2. The van der Waals surface area contributed by atoms with E-state index in [1.807, 2.05) is 38.1 Å². The second kappa shape index (κ2) is 7.15. The van der Waals surface area contributed by atoms with Crippen LogP contribution in [0.2, 0.25) is 0 Å². The Morgan fingerprint density at radius 2 is 1.73 bits per heavy atom. The molecule has 0 spiro atoms. The molecule has 26 heavy (non-hydrogen) atoms. The van der Waals surface area contributed by atoms with Crippen LogP contribution in [0.5, 0.6) is 5.75 Å². The van der Waals surface area contributed by atoms with Gasteiger partial charge in [0, 0.05) is 10.6 Å². The smallest absolute Gasteiger partial charge is 0.249 e. The molecule has 0 aromatic heterocycles. The van der Waals surface area contributed by atoms with Crippen LogP contribution in [0.15, 0.2) is 48.5 Å². The van der Waals surface area contributed by atoms with Crippen LogP contribution in [0, 0.1) is 23.0 Å². The number of hydrogen-bond acceptors (Lipinski definition) is 4. The third-order valence-corrected chi connectivity index (χ3v) is 5.02. The normalized spacial score (nSPS) is 22.5. The minimum atomic E-state index is -0.975. The Hall–Kier alpha value is -2.89. The first-order valence-electron chi connectivity index (χ1n) is 8.65. The highest BCUT2D eigenvalue weighted by atomic mass is 16.6. The molecular weight excluding hydrogens is 332 g/mol. The number of nitro groups is 1. The molecule has 0 unspecified atom stereocenters. The fourth-order valence-corrected chi connectivity index (χ4v) is 3.65. The predicted molar refractivity (Wildman–Crippen MR) is 99.0 cm³/mol. The van der Waals surface area contributed by atoms with Gasteiger partial charge < -0.3 is 4.74 Å². The maximum atomic E-state index is 13.0. The second-order valence-electron chi connectivity index (χ2n) is 6.55. The van der Waals surface area contributed by atoms with Gasteiger partial charge in [0.2, 0.25) is 11.9 Å². The van der Waals surface area contributed by atoms with E-state index in [0.29, 0.717) is 17.9 Å². The molecule has 1 amide bonds. The van der Waals surface area contributed by atoms with Crippen molar-refractivity contribution in [3.05, 3.63) is 69.8 Å². The summed E-state index contributed by atoms with van der Waals surface area (Å²) in [5.41, 5.74) is 2.49. The average Bonchev–Trinajstić information content (AvgIpc) is 2.95. The van der Waals surface area contributed by atoms with Crippen LogP contribution in [0.25, 0.3) is 0 Å². The van der Waals surface area contributed by atoms with E-state index in [4.69, 9.17) is 4.74 Å². The summed E-state index contributed by atoms with van der Waals surface area (Å²) in [5, 5.41) is 11.9. The van der Waals surface area contributed by atoms with Crippen molar-refractivity contribution in [2.24, 2.45) is 5.92 Å². The summed E-state index contributed by atoms with van der Waals surface area (Å²) >= 11 is 0. The lowest BCUT2D eigenvalue weighted by atomic mass is 9.92. The van der Waals surface area contributed by atoms with Gasteiger partial charge in [-0.3, -0.25) is 19.8 Å². The monoisotopic (exact) mass is 354 g/mol. The van der Waals surface area contributed by atoms with E-state index in [-0.39, 0.29) is 10.8 Å². The second-order valence-corrected chi connectivity index (χ2v) is 6.55. The fraction of sp³-hybridized carbons (Fsp3) is 0.350. The van der Waals surface area contributed by atoms with Crippen molar-refractivity contribution in [2.75, 3.05) is 12.0 Å². The van der Waals surface area contributed by atoms with E-state index in [1.54, 1.807) is 36.3 Å². The largest absolute Gasteiger partial charge is 0.497 e. The topological polar surface area (TPSA) is 72.7 Å². The molecule has 0 bridgehead atoms. The molecular formula is C20H22N2O4. The molecule has 1 aliphatic rings. The highest BCUT2D eigenvalue weighted by Crippen LogP contribution is 2.43. The Balaban J connectivity index is 2.12. The Labute approximate surface area is 152 Å². The molecule has 0 aliphatic carbocycles. The van der Waals surface area contributed by atoms with Crippen LogP contribution >= 0.6 is 0 Å². The number of ether oxygens (including phenoxy) is 1. The Morgan fingerprint density at radius 3 is 2.23 bits per heavy atom. The molecule has 2 aromatic rings. The van der Waals surface area contributed by atoms with Gasteiger partial charge in [0.25, 0.3) is 0 Å². The molecule has 2 aromatic carbocycles. The van der Waals surface area contributed by atoms with Gasteiger partial charge in [0.1, 0.15) is 17.7 Å². The number of carbonyl (C=O) groups is 1. The van der Waals surface area contributed by atoms with Gasteiger partial charge in [-0.1, -0.05) is 36.8 Å². The quantitative estimate of drug-likeness (QED) is 0.605. The van der Waals surface area contributed by atoms with E-state index < -0.39 is 18.0 Å². The van der Waals surface area contributed by atoms with E-state index in [0.717, 1.165) is 11.1 Å². The summed E-state index contributed by atoms with van der Waals surface area (Å²) in [7, 11) is 1.57. The molecule has 0 N–H and O–H groups in total. The highest BCUT2D eigenvalue weighted by Gasteiger charge is 2.55. The van der Waals surface area contributed by atoms with Crippen LogP contribution < -0.4 is 9.64 Å². The van der Waals surface area contributed by atoms with E-state index in [2.05, 4.69) is 0 Å². The first-order chi connectivity index (χ1) is 12.5. The molecule has 1 heterocycles. The molecule has 1 aliphatic heterocycles. The van der Waals surface area contributed by atoms with E-state index in [1.165, 1.54) is 0 Å². The summed E-state index contributed by atoms with van der Waals surface area (Å²) in [4.78, 5) is 26.2. The first-order valence-corrected chi connectivity index (χ1v) is 8.65. The third kappa shape index (κ3) is 3.03. The predicted octanol–water partition coefficient (Wildman–Crippen LogP) is 3.76. The summed E-state index contributed by atoms with van der Waals surface area (Å²) in [6.45, 7) is 3.79. The van der Waals surface area contributed by atoms with Crippen molar-refractivity contribution in [1.29, 1.82) is 0 Å². The summed E-state index contributed by atoms with van der Waals surface area (Å²) in [6, 6.07) is 13.0. The van der Waals surface area contributed by atoms with Crippen LogP contribution in [-0.2, 0) is 4.79 Å². The zero-order chi connectivity index (χ0) is 18.8. The number of benzene rings is 2. The molecule has 6 nitrogen and oxygen atoms in total. The molecule has 1 saturated heterocycles. The number of methoxy groups -OCH3 is 1. The zero-order valence-corrected chi connectivity index (χ0v) is 15.1. The van der Waals surface area contributed by atoms with Crippen LogP contribution in [0.4, 0.5) is 5.69 Å². The van der Waals surface area contributed by atoms with Gasteiger partial charge in [-0.15, -0.1) is 0 Å². The Bertz CT molecular complexity index is 802. The van der Waals surface area contributed by atoms with Gasteiger partial charge in [0.05, 0.1) is 7.11 Å². The third-order valence-electron chi connectivity index (χ3n) is 5.02. The van der Waals surface area contributed by atoms with E-state index >= 15 is 0 Å². The van der Waals surface area contributed by atoms with Crippen LogP contribution in [-0.4, -0.2) is 24.0 Å². The molecule has 1 fully saturated rings. The maximum Gasteiger partial charge on any atom is 0.249 e. The summed E-state index contributed by atoms with van der Waals surface area (Å²) in [6.07, 6.45) is 0.430.